The lowest BCUT2D eigenvalue weighted by atomic mass is 11.1. The van der Waals surface area contributed by atoms with E-state index in [0.29, 0.717) is 0 Å². The Bertz CT molecular complexity index is 88.9. The number of carbonyl (C=O) groups is 1. The monoisotopic (exact) mass is 103 g/mol. The van der Waals surface area contributed by atoms with Gasteiger partial charge in [0.2, 0.25) is 0 Å². The smallest absolute Gasteiger partial charge is 0.409 e. The fourth-order valence-electron chi connectivity index (χ4n) is 0.0925. The molecule has 0 aliphatic heterocycles. The first-order valence-corrected chi connectivity index (χ1v) is 1.48. The molecule has 0 heterocycles. The molecule has 5 heteroatoms. The topological polar surface area (TPSA) is 87.7 Å². The number of hydrazone groups is 1. The second-order valence-corrected chi connectivity index (χ2v) is 0.728. The minimum absolute atomic E-state index is 0.877. The molecule has 0 aromatic carbocycles. The number of amides is 1. The van der Waals surface area contributed by atoms with E-state index in [1.807, 2.05) is 0 Å². The Kier molecular flexibility index (Phi) is 2.42. The number of carboxylic acid groups (broad SMARTS) is 1. The first kappa shape index (κ1) is 5.74. The lowest BCUT2D eigenvalue weighted by molar-refractivity contribution is 0.200. The molecule has 0 atom stereocenters. The Labute approximate surface area is 39.8 Å². The third-order valence-electron chi connectivity index (χ3n) is 0.263. The molecule has 0 unspecified atom stereocenters. The molecular weight excluding hydrogens is 98.0 g/mol. The third kappa shape index (κ3) is 4.74. The summed E-state index contributed by atoms with van der Waals surface area (Å²) in [5.74, 6) is 4.52. The molecule has 5 nitrogen and oxygen atoms in total. The van der Waals surface area contributed by atoms with Gasteiger partial charge in [-0.2, -0.15) is 5.10 Å². The van der Waals surface area contributed by atoms with Gasteiger partial charge in [0, 0.05) is 0 Å². The van der Waals surface area contributed by atoms with Crippen molar-refractivity contribution in [3.8, 4) is 0 Å². The molecule has 0 saturated heterocycles. The quantitative estimate of drug-likeness (QED) is 0.175. The second-order valence-electron chi connectivity index (χ2n) is 0.728. The van der Waals surface area contributed by atoms with Gasteiger partial charge in [-0.15, -0.1) is 0 Å². The normalized spacial score (nSPS) is 9.14. The Morgan fingerprint density at radius 3 is 2.71 bits per heavy atom. The summed E-state index contributed by atoms with van der Waals surface area (Å²) >= 11 is 0. The summed E-state index contributed by atoms with van der Waals surface area (Å²) in [6.07, 6.45) is -0.295. The summed E-state index contributed by atoms with van der Waals surface area (Å²) < 4.78 is 0. The Balaban J connectivity index is 3.14. The summed E-state index contributed by atoms with van der Waals surface area (Å²) in [5.41, 5.74) is 0. The molecule has 0 aliphatic rings. The number of nitrogens with two attached hydrogens (primary N) is 1. The van der Waals surface area contributed by atoms with E-state index < -0.39 is 6.09 Å². The van der Waals surface area contributed by atoms with Gasteiger partial charge in [0.05, 0.1) is 0 Å². The van der Waals surface area contributed by atoms with Crippen LogP contribution in [0, 0.1) is 0 Å². The molecule has 0 aromatic rings. The second kappa shape index (κ2) is 2.95. The van der Waals surface area contributed by atoms with E-state index in [1.165, 1.54) is 0 Å². The van der Waals surface area contributed by atoms with Gasteiger partial charge in [0.25, 0.3) is 0 Å². The predicted octanol–water partition coefficient (Wildman–Crippen LogP) is -0.844. The van der Waals surface area contributed by atoms with Crippen LogP contribution >= 0.6 is 0 Å². The van der Waals surface area contributed by atoms with Crippen LogP contribution in [0.3, 0.4) is 0 Å². The molecule has 0 aromatic heterocycles. The molecule has 4 N–H and O–H groups in total. The molecule has 0 radical (unpaired) electrons. The zero-order valence-corrected chi connectivity index (χ0v) is 3.46. The molecule has 0 spiro atoms. The standard InChI is InChI=1S/C2H5N3O2/c3-5-1-4-2(6)7/h1H,3H2,(H,4,5)(H,6,7). The van der Waals surface area contributed by atoms with E-state index in [1.54, 1.807) is 5.32 Å². The van der Waals surface area contributed by atoms with Crippen LogP contribution in [-0.2, 0) is 0 Å². The summed E-state index contributed by atoms with van der Waals surface area (Å²) in [6.45, 7) is 0. The van der Waals surface area contributed by atoms with Crippen molar-refractivity contribution in [3.05, 3.63) is 0 Å². The van der Waals surface area contributed by atoms with Crippen molar-refractivity contribution < 1.29 is 9.90 Å². The van der Waals surface area contributed by atoms with Crippen LogP contribution in [0.1, 0.15) is 0 Å². The maximum absolute atomic E-state index is 9.50. The van der Waals surface area contributed by atoms with Crippen molar-refractivity contribution >= 4 is 12.4 Å². The van der Waals surface area contributed by atoms with Crippen LogP contribution in [0.15, 0.2) is 5.10 Å². The van der Waals surface area contributed by atoms with Gasteiger partial charge in [0.1, 0.15) is 6.34 Å². The van der Waals surface area contributed by atoms with Crippen molar-refractivity contribution in [2.45, 2.75) is 0 Å². The average Bonchev–Trinajstić information content (AvgIpc) is 1.61. The zero-order valence-electron chi connectivity index (χ0n) is 3.46. The Hall–Kier alpha value is -1.26. The maximum Gasteiger partial charge on any atom is 0.409 e. The van der Waals surface area contributed by atoms with Gasteiger partial charge in [-0.1, -0.05) is 0 Å². The first-order chi connectivity index (χ1) is 3.27. The third-order valence-corrected chi connectivity index (χ3v) is 0.263. The van der Waals surface area contributed by atoms with Gasteiger partial charge in [-0.05, 0) is 0 Å². The van der Waals surface area contributed by atoms with Crippen LogP contribution < -0.4 is 11.2 Å². The van der Waals surface area contributed by atoms with Crippen LogP contribution in [0.4, 0.5) is 4.79 Å². The van der Waals surface area contributed by atoms with E-state index in [4.69, 9.17) is 5.11 Å². The summed E-state index contributed by atoms with van der Waals surface area (Å²) in [4.78, 5) is 9.50. The molecule has 0 saturated carbocycles. The number of hydrogen-bond acceptors (Lipinski definition) is 3. The van der Waals surface area contributed by atoms with Gasteiger partial charge in [0.15, 0.2) is 0 Å². The van der Waals surface area contributed by atoms with Crippen molar-refractivity contribution in [3.63, 3.8) is 0 Å². The van der Waals surface area contributed by atoms with E-state index in [9.17, 15) is 4.79 Å². The average molecular weight is 103 g/mol. The van der Waals surface area contributed by atoms with Crippen LogP contribution in [0.2, 0.25) is 0 Å². The highest BCUT2D eigenvalue weighted by Crippen LogP contribution is 1.50. The minimum Gasteiger partial charge on any atom is -0.465 e. The van der Waals surface area contributed by atoms with Crippen molar-refractivity contribution in [2.24, 2.45) is 10.9 Å². The van der Waals surface area contributed by atoms with Crippen LogP contribution in [0.25, 0.3) is 0 Å². The molecule has 1 amide bonds. The van der Waals surface area contributed by atoms with Crippen molar-refractivity contribution in [2.75, 3.05) is 0 Å². The fraction of sp³-hybridized carbons (Fsp3) is 0. The van der Waals surface area contributed by atoms with Crippen LogP contribution in [-0.4, -0.2) is 17.5 Å². The minimum atomic E-state index is -1.17. The molecule has 40 valence electrons. The zero-order chi connectivity index (χ0) is 5.70. The van der Waals surface area contributed by atoms with Gasteiger partial charge >= 0.3 is 6.09 Å². The number of nitrogens with one attached hydrogen (secondary N) is 1. The first-order valence-electron chi connectivity index (χ1n) is 1.48. The van der Waals surface area contributed by atoms with Crippen molar-refractivity contribution in [1.29, 1.82) is 0 Å². The summed E-state index contributed by atoms with van der Waals surface area (Å²) in [7, 11) is 0. The number of nitrogens with zero attached hydrogens (tertiary/aromatic N) is 1. The molecule has 0 rings (SSSR count). The number of rotatable bonds is 1. The van der Waals surface area contributed by atoms with E-state index in [-0.39, 0.29) is 0 Å². The lowest BCUT2D eigenvalue weighted by Crippen LogP contribution is -2.18. The largest absolute Gasteiger partial charge is 0.465 e. The molecular formula is C2H5N3O2. The lowest BCUT2D eigenvalue weighted by Gasteiger charge is -1.82. The van der Waals surface area contributed by atoms with Gasteiger partial charge < -0.3 is 10.9 Å². The van der Waals surface area contributed by atoms with Gasteiger partial charge in [-0.25, -0.2) is 4.79 Å². The van der Waals surface area contributed by atoms with Crippen molar-refractivity contribution in [1.82, 2.24) is 5.32 Å². The Morgan fingerprint density at radius 2 is 2.57 bits per heavy atom. The predicted molar refractivity (Wildman–Crippen MR) is 23.8 cm³/mol. The summed E-state index contributed by atoms with van der Waals surface area (Å²) in [5, 5.41) is 12.4. The van der Waals surface area contributed by atoms with E-state index in [0.717, 1.165) is 6.34 Å². The molecule has 0 aliphatic carbocycles. The number of hydrogen-bond donors (Lipinski definition) is 3. The highest BCUT2D eigenvalue weighted by atomic mass is 16.4. The molecule has 7 heavy (non-hydrogen) atoms. The van der Waals surface area contributed by atoms with E-state index in [2.05, 4.69) is 10.9 Å². The van der Waals surface area contributed by atoms with E-state index >= 15 is 0 Å². The van der Waals surface area contributed by atoms with Gasteiger partial charge in [-0.3, -0.25) is 5.32 Å². The highest BCUT2D eigenvalue weighted by molar-refractivity contribution is 5.80. The maximum atomic E-state index is 9.50. The highest BCUT2D eigenvalue weighted by Gasteiger charge is 1.82. The molecule has 0 bridgehead atoms. The Morgan fingerprint density at radius 1 is 2.00 bits per heavy atom. The fourth-order valence-corrected chi connectivity index (χ4v) is 0.0925. The van der Waals surface area contributed by atoms with Crippen LogP contribution in [0.5, 0.6) is 0 Å². The summed E-state index contributed by atoms with van der Waals surface area (Å²) in [6, 6.07) is 0. The molecule has 0 fully saturated rings. The SMILES string of the molecule is NN=CNC(=O)O.